The molecule has 2 aliphatic rings. The van der Waals surface area contributed by atoms with Gasteiger partial charge in [-0.2, -0.15) is 9.61 Å². The van der Waals surface area contributed by atoms with Crippen LogP contribution in [0.4, 0.5) is 10.6 Å². The number of hydrogen-bond donors (Lipinski definition) is 0. The largest absolute Gasteiger partial charge is 0.444 e. The molecular weight excluding hydrogens is 765 g/mol. The number of amides is 1. The van der Waals surface area contributed by atoms with Crippen molar-refractivity contribution in [3.05, 3.63) is 65.0 Å². The molecule has 4 aromatic rings. The molecule has 0 N–H and O–H groups in total. The van der Waals surface area contributed by atoms with Crippen molar-refractivity contribution in [2.24, 2.45) is 0 Å². The molecule has 2 fully saturated rings. The summed E-state index contributed by atoms with van der Waals surface area (Å²) in [4.78, 5) is 27.9. The lowest BCUT2D eigenvalue weighted by atomic mass is 9.86. The highest BCUT2D eigenvalue weighted by Crippen LogP contribution is 2.50. The van der Waals surface area contributed by atoms with Gasteiger partial charge in [0.1, 0.15) is 19.1 Å². The molecule has 6 rings (SSSR count). The molecule has 1 amide bonds. The molecule has 3 unspecified atom stereocenters. The molecule has 2 bridgehead atoms. The summed E-state index contributed by atoms with van der Waals surface area (Å²) in [6.07, 6.45) is 6.23. The van der Waals surface area contributed by atoms with Gasteiger partial charge in [-0.3, -0.25) is 4.98 Å². The topological polar surface area (TPSA) is 94.3 Å². The Kier molecular flexibility index (Phi) is 11.9. The molecule has 2 aliphatic heterocycles. The maximum atomic E-state index is 13.5. The van der Waals surface area contributed by atoms with E-state index >= 15 is 0 Å². The summed E-state index contributed by atoms with van der Waals surface area (Å²) in [6.45, 7) is 22.0. The minimum Gasteiger partial charge on any atom is -0.444 e. The van der Waals surface area contributed by atoms with E-state index in [1.54, 1.807) is 0 Å². The van der Waals surface area contributed by atoms with Gasteiger partial charge in [-0.15, -0.1) is 0 Å². The molecular formula is C40H57BrN6O4Si2. The van der Waals surface area contributed by atoms with Crippen LogP contribution in [0.25, 0.3) is 28.0 Å². The van der Waals surface area contributed by atoms with Gasteiger partial charge >= 0.3 is 6.09 Å². The minimum absolute atomic E-state index is 0.0124. The standard InChI is InChI=1S/C40H57BrN6O4Si2/c1-40(2,3)51-39(48)46-30-16-18-34(46)31(23-30)36-35(41)38(45(26-49-19-21-52(4,5)6)27-50-20-22-53(7,8)9)47-37(44-36)32(25-43-47)29-15-17-33(42-24-29)28-13-11-10-12-14-28/h10-15,17,24-25,30-31,34H,16,18-23,26-27H2,1-9H3. The van der Waals surface area contributed by atoms with Crippen molar-refractivity contribution < 1.29 is 19.0 Å². The first-order valence-electron chi connectivity index (χ1n) is 19.0. The van der Waals surface area contributed by atoms with Crippen molar-refractivity contribution in [1.29, 1.82) is 0 Å². The fourth-order valence-electron chi connectivity index (χ4n) is 7.18. The highest BCUT2D eigenvalue weighted by Gasteiger charge is 2.51. The summed E-state index contributed by atoms with van der Waals surface area (Å²) in [7, 11) is -2.59. The smallest absolute Gasteiger partial charge is 0.410 e. The molecule has 286 valence electrons. The van der Waals surface area contributed by atoms with E-state index < -0.39 is 21.7 Å². The molecule has 0 spiro atoms. The Hall–Kier alpha value is -3.11. The summed E-state index contributed by atoms with van der Waals surface area (Å²) in [5, 5.41) is 4.96. The Morgan fingerprint density at radius 1 is 0.906 bits per heavy atom. The second-order valence-corrected chi connectivity index (χ2v) is 30.0. The third-order valence-corrected chi connectivity index (χ3v) is 14.2. The monoisotopic (exact) mass is 820 g/mol. The first kappa shape index (κ1) is 39.6. The van der Waals surface area contributed by atoms with E-state index in [-0.39, 0.29) is 24.1 Å². The fourth-order valence-corrected chi connectivity index (χ4v) is 9.49. The van der Waals surface area contributed by atoms with Crippen molar-refractivity contribution in [2.75, 3.05) is 31.6 Å². The summed E-state index contributed by atoms with van der Waals surface area (Å²) in [5.41, 5.74) is 4.87. The van der Waals surface area contributed by atoms with Crippen LogP contribution in [-0.4, -0.2) is 91.1 Å². The van der Waals surface area contributed by atoms with E-state index in [9.17, 15) is 4.79 Å². The molecule has 0 aliphatic carbocycles. The van der Waals surface area contributed by atoms with Crippen molar-refractivity contribution in [3.8, 4) is 22.4 Å². The van der Waals surface area contributed by atoms with E-state index in [4.69, 9.17) is 29.3 Å². The normalized spacial score (nSPS) is 19.0. The van der Waals surface area contributed by atoms with Gasteiger partial charge < -0.3 is 24.0 Å². The molecule has 0 radical (unpaired) electrons. The van der Waals surface area contributed by atoms with Gasteiger partial charge in [-0.1, -0.05) is 75.7 Å². The molecule has 1 aromatic carbocycles. The zero-order chi connectivity index (χ0) is 38.1. The molecule has 10 nitrogen and oxygen atoms in total. The number of pyridine rings is 1. The van der Waals surface area contributed by atoms with Gasteiger partial charge in [0.25, 0.3) is 0 Å². The van der Waals surface area contributed by atoms with Crippen molar-refractivity contribution in [2.45, 2.75) is 115 Å². The van der Waals surface area contributed by atoms with Crippen LogP contribution >= 0.6 is 15.9 Å². The van der Waals surface area contributed by atoms with Gasteiger partial charge in [0, 0.05) is 70.3 Å². The number of nitrogens with zero attached hydrogens (tertiary/aromatic N) is 6. The number of halogens is 1. The van der Waals surface area contributed by atoms with Crippen LogP contribution in [0.1, 0.15) is 51.6 Å². The predicted molar refractivity (Wildman–Crippen MR) is 222 cm³/mol. The Morgan fingerprint density at radius 3 is 2.15 bits per heavy atom. The van der Waals surface area contributed by atoms with Gasteiger partial charge in [-0.05, 0) is 74.1 Å². The summed E-state index contributed by atoms with van der Waals surface area (Å²) in [6, 6.07) is 16.6. The second-order valence-electron chi connectivity index (χ2n) is 18.0. The maximum Gasteiger partial charge on any atom is 0.410 e. The summed E-state index contributed by atoms with van der Waals surface area (Å²) in [5.74, 6) is 0.848. The Morgan fingerprint density at radius 2 is 1.57 bits per heavy atom. The number of carbonyl (C=O) groups excluding carboxylic acids is 1. The third-order valence-electron chi connectivity index (χ3n) is 10.0. The van der Waals surface area contributed by atoms with Crippen LogP contribution in [0.5, 0.6) is 0 Å². The summed E-state index contributed by atoms with van der Waals surface area (Å²) >= 11 is 4.06. The zero-order valence-electron chi connectivity index (χ0n) is 33.0. The molecule has 2 saturated heterocycles. The van der Waals surface area contributed by atoms with Gasteiger partial charge in [0.15, 0.2) is 11.5 Å². The van der Waals surface area contributed by atoms with E-state index in [0.717, 1.165) is 75.4 Å². The number of fused-ring (bicyclic) bond motifs is 3. The molecule has 5 heterocycles. The van der Waals surface area contributed by atoms with Crippen molar-refractivity contribution in [3.63, 3.8) is 0 Å². The number of carbonyl (C=O) groups is 1. The zero-order valence-corrected chi connectivity index (χ0v) is 36.6. The predicted octanol–water partition coefficient (Wildman–Crippen LogP) is 9.91. The Labute approximate surface area is 325 Å². The first-order valence-corrected chi connectivity index (χ1v) is 27.2. The van der Waals surface area contributed by atoms with Gasteiger partial charge in [0.05, 0.1) is 22.1 Å². The van der Waals surface area contributed by atoms with Crippen LogP contribution in [0.3, 0.4) is 0 Å². The van der Waals surface area contributed by atoms with Crippen LogP contribution in [0.15, 0.2) is 59.3 Å². The van der Waals surface area contributed by atoms with Crippen molar-refractivity contribution >= 4 is 49.6 Å². The maximum absolute atomic E-state index is 13.5. The van der Waals surface area contributed by atoms with E-state index in [1.807, 2.05) is 60.8 Å². The number of ether oxygens (including phenoxy) is 3. The van der Waals surface area contributed by atoms with Crippen LogP contribution in [0, 0.1) is 0 Å². The average Bonchev–Trinajstić information content (AvgIpc) is 3.80. The first-order chi connectivity index (χ1) is 25.0. The molecule has 3 atom stereocenters. The number of anilines is 1. The lowest BCUT2D eigenvalue weighted by Crippen LogP contribution is -2.40. The molecule has 3 aromatic heterocycles. The molecule has 13 heteroatoms. The molecule has 53 heavy (non-hydrogen) atoms. The van der Waals surface area contributed by atoms with Crippen LogP contribution < -0.4 is 4.90 Å². The summed E-state index contributed by atoms with van der Waals surface area (Å²) < 4.78 is 21.5. The second kappa shape index (κ2) is 15.9. The lowest BCUT2D eigenvalue weighted by Gasteiger charge is -2.30. The van der Waals surface area contributed by atoms with Crippen LogP contribution in [0.2, 0.25) is 51.4 Å². The number of benzene rings is 1. The van der Waals surface area contributed by atoms with E-state index in [2.05, 4.69) is 84.4 Å². The van der Waals surface area contributed by atoms with Crippen LogP contribution in [-0.2, 0) is 14.2 Å². The minimum atomic E-state index is -1.30. The number of hydrogen-bond acceptors (Lipinski definition) is 8. The Bertz CT molecular complexity index is 1850. The molecule has 0 saturated carbocycles. The quantitative estimate of drug-likeness (QED) is 0.0706. The highest BCUT2D eigenvalue weighted by molar-refractivity contribution is 9.10. The third kappa shape index (κ3) is 9.59. The highest BCUT2D eigenvalue weighted by atomic mass is 79.9. The van der Waals surface area contributed by atoms with Gasteiger partial charge in [0.2, 0.25) is 0 Å². The number of aromatic nitrogens is 4. The lowest BCUT2D eigenvalue weighted by molar-refractivity contribution is 0.0212. The van der Waals surface area contributed by atoms with E-state index in [0.29, 0.717) is 26.7 Å². The Balaban J connectivity index is 1.42. The number of rotatable bonds is 14. The van der Waals surface area contributed by atoms with Crippen molar-refractivity contribution in [1.82, 2.24) is 24.5 Å². The average molecular weight is 822 g/mol. The SMILES string of the molecule is CC(C)(C)OC(=O)N1C2CCC1C(c1nc3c(-c4ccc(-c5ccccc5)nc4)cnn3c(N(COCC[Si](C)(C)C)COCC[Si](C)(C)C)c1Br)C2. The van der Waals surface area contributed by atoms with E-state index in [1.165, 1.54) is 0 Å². The fraction of sp³-hybridized carbons (Fsp3) is 0.550. The van der Waals surface area contributed by atoms with Gasteiger partial charge in [-0.25, -0.2) is 9.78 Å².